The summed E-state index contributed by atoms with van der Waals surface area (Å²) in [4.78, 5) is 16.1. The smallest absolute Gasteiger partial charge is 0.256 e. The molecule has 0 saturated carbocycles. The lowest BCUT2D eigenvalue weighted by molar-refractivity contribution is 0.0659. The zero-order valence-corrected chi connectivity index (χ0v) is 12.1. The maximum atomic E-state index is 14.1. The van der Waals surface area contributed by atoms with Crippen LogP contribution in [-0.4, -0.2) is 48.9 Å². The van der Waals surface area contributed by atoms with E-state index in [2.05, 4.69) is 20.8 Å². The number of hydrogen-bond donors (Lipinski definition) is 0. The minimum absolute atomic E-state index is 0.167. The molecule has 5 heteroatoms. The number of halogens is 2. The van der Waals surface area contributed by atoms with E-state index in [1.165, 1.54) is 0 Å². The van der Waals surface area contributed by atoms with Crippen LogP contribution in [0.25, 0.3) is 0 Å². The number of piperazine rings is 1. The van der Waals surface area contributed by atoms with Crippen molar-refractivity contribution in [2.24, 2.45) is 0 Å². The van der Waals surface area contributed by atoms with Crippen molar-refractivity contribution in [1.29, 1.82) is 0 Å². The van der Waals surface area contributed by atoms with Gasteiger partial charge in [-0.05, 0) is 31.7 Å². The average molecular weight is 315 g/mol. The Balaban J connectivity index is 2.21. The fraction of sp³-hybridized carbons (Fsp3) is 0.462. The summed E-state index contributed by atoms with van der Waals surface area (Å²) in [6.45, 7) is 4.65. The van der Waals surface area contributed by atoms with E-state index in [1.54, 1.807) is 24.0 Å². The van der Waals surface area contributed by atoms with Gasteiger partial charge in [0.05, 0.1) is 5.56 Å². The van der Waals surface area contributed by atoms with Crippen molar-refractivity contribution in [3.05, 3.63) is 33.5 Å². The Hall–Kier alpha value is -0.940. The lowest BCUT2D eigenvalue weighted by atomic mass is 10.1. The zero-order valence-electron chi connectivity index (χ0n) is 10.5. The maximum Gasteiger partial charge on any atom is 0.256 e. The molecule has 1 heterocycles. The Morgan fingerprint density at radius 2 is 1.89 bits per heavy atom. The van der Waals surface area contributed by atoms with Gasteiger partial charge >= 0.3 is 0 Å². The number of likely N-dealkylation sites (N-methyl/N-ethyl adjacent to an activating group) is 1. The number of amides is 1. The van der Waals surface area contributed by atoms with Crippen molar-refractivity contribution in [1.82, 2.24) is 9.80 Å². The van der Waals surface area contributed by atoms with Crippen molar-refractivity contribution in [3.8, 4) is 0 Å². The fourth-order valence-electron chi connectivity index (χ4n) is 2.01. The van der Waals surface area contributed by atoms with E-state index in [-0.39, 0.29) is 11.5 Å². The van der Waals surface area contributed by atoms with E-state index in [0.717, 1.165) is 13.1 Å². The molecule has 0 aliphatic carbocycles. The Morgan fingerprint density at radius 3 is 2.50 bits per heavy atom. The predicted octanol–water partition coefficient (Wildman–Crippen LogP) is 2.28. The number of nitrogens with zero attached hydrogens (tertiary/aromatic N) is 2. The highest BCUT2D eigenvalue weighted by molar-refractivity contribution is 9.10. The van der Waals surface area contributed by atoms with Gasteiger partial charge in [0.25, 0.3) is 5.91 Å². The van der Waals surface area contributed by atoms with E-state index in [1.807, 2.05) is 7.05 Å². The summed E-state index contributed by atoms with van der Waals surface area (Å²) in [5.41, 5.74) is 0.648. The molecule has 0 unspecified atom stereocenters. The van der Waals surface area contributed by atoms with E-state index < -0.39 is 5.82 Å². The van der Waals surface area contributed by atoms with Crippen LogP contribution in [-0.2, 0) is 0 Å². The van der Waals surface area contributed by atoms with Crippen molar-refractivity contribution in [2.45, 2.75) is 6.92 Å². The van der Waals surface area contributed by atoms with Crippen LogP contribution < -0.4 is 0 Å². The number of carbonyl (C=O) groups excluding carboxylic acids is 1. The second-order valence-corrected chi connectivity index (χ2v) is 5.48. The molecule has 0 atom stereocenters. The second-order valence-electron chi connectivity index (χ2n) is 4.63. The van der Waals surface area contributed by atoms with Crippen LogP contribution in [0.2, 0.25) is 0 Å². The zero-order chi connectivity index (χ0) is 13.3. The van der Waals surface area contributed by atoms with Gasteiger partial charge in [0.1, 0.15) is 5.82 Å². The molecule has 98 valence electrons. The molecule has 18 heavy (non-hydrogen) atoms. The molecule has 1 aromatic rings. The van der Waals surface area contributed by atoms with Crippen LogP contribution in [0.3, 0.4) is 0 Å². The first kappa shape index (κ1) is 13.5. The van der Waals surface area contributed by atoms with Crippen molar-refractivity contribution in [3.63, 3.8) is 0 Å². The number of rotatable bonds is 1. The largest absolute Gasteiger partial charge is 0.336 e. The third-order valence-electron chi connectivity index (χ3n) is 3.34. The molecular weight excluding hydrogens is 299 g/mol. The van der Waals surface area contributed by atoms with Crippen LogP contribution in [0.4, 0.5) is 4.39 Å². The summed E-state index contributed by atoms with van der Waals surface area (Å²) in [7, 11) is 2.02. The molecular formula is C13H16BrFN2O. The van der Waals surface area contributed by atoms with Crippen molar-refractivity contribution in [2.75, 3.05) is 33.2 Å². The van der Waals surface area contributed by atoms with E-state index >= 15 is 0 Å². The minimum Gasteiger partial charge on any atom is -0.336 e. The third kappa shape index (κ3) is 2.57. The molecule has 1 aliphatic rings. The number of carbonyl (C=O) groups is 1. The fourth-order valence-corrected chi connectivity index (χ4v) is 2.31. The first-order valence-electron chi connectivity index (χ1n) is 5.93. The summed E-state index contributed by atoms with van der Waals surface area (Å²) in [5.74, 6) is -0.635. The maximum absolute atomic E-state index is 14.1. The monoisotopic (exact) mass is 314 g/mol. The molecule has 0 spiro atoms. The number of benzene rings is 1. The molecule has 1 amide bonds. The van der Waals surface area contributed by atoms with Gasteiger partial charge in [-0.15, -0.1) is 0 Å². The molecule has 0 N–H and O–H groups in total. The summed E-state index contributed by atoms with van der Waals surface area (Å²) in [5, 5.41) is 0. The highest BCUT2D eigenvalue weighted by Gasteiger charge is 2.23. The van der Waals surface area contributed by atoms with E-state index in [4.69, 9.17) is 0 Å². The van der Waals surface area contributed by atoms with Crippen LogP contribution >= 0.6 is 15.9 Å². The second kappa shape index (κ2) is 5.36. The van der Waals surface area contributed by atoms with Gasteiger partial charge in [-0.25, -0.2) is 4.39 Å². The number of hydrogen-bond acceptors (Lipinski definition) is 2. The minimum atomic E-state index is -0.423. The predicted molar refractivity (Wildman–Crippen MR) is 72.2 cm³/mol. The van der Waals surface area contributed by atoms with Crippen LogP contribution in [0.15, 0.2) is 16.6 Å². The standard InChI is InChI=1S/C13H16BrFN2O/c1-9-11(14)4-3-10(12(9)15)13(18)17-7-5-16(2)6-8-17/h3-4H,5-8H2,1-2H3. The quantitative estimate of drug-likeness (QED) is 0.794. The van der Waals surface area contributed by atoms with Crippen LogP contribution in [0, 0.1) is 12.7 Å². The molecule has 1 saturated heterocycles. The summed E-state index contributed by atoms with van der Waals surface area (Å²) >= 11 is 3.26. The Morgan fingerprint density at radius 1 is 1.28 bits per heavy atom. The van der Waals surface area contributed by atoms with Gasteiger partial charge in [-0.1, -0.05) is 15.9 Å². The lowest BCUT2D eigenvalue weighted by Gasteiger charge is -2.32. The highest BCUT2D eigenvalue weighted by Crippen LogP contribution is 2.23. The van der Waals surface area contributed by atoms with Gasteiger partial charge in [-0.3, -0.25) is 4.79 Å². The van der Waals surface area contributed by atoms with Gasteiger partial charge in [0.15, 0.2) is 0 Å². The lowest BCUT2D eigenvalue weighted by Crippen LogP contribution is -2.47. The molecule has 1 aliphatic heterocycles. The van der Waals surface area contributed by atoms with E-state index in [9.17, 15) is 9.18 Å². The van der Waals surface area contributed by atoms with Gasteiger partial charge in [0.2, 0.25) is 0 Å². The first-order chi connectivity index (χ1) is 8.50. The Kier molecular flexibility index (Phi) is 4.02. The van der Waals surface area contributed by atoms with Crippen LogP contribution in [0.1, 0.15) is 15.9 Å². The molecule has 3 nitrogen and oxygen atoms in total. The average Bonchev–Trinajstić information content (AvgIpc) is 2.36. The molecule has 2 rings (SSSR count). The molecule has 1 fully saturated rings. The highest BCUT2D eigenvalue weighted by atomic mass is 79.9. The Labute approximate surface area is 115 Å². The SMILES string of the molecule is Cc1c(Br)ccc(C(=O)N2CCN(C)CC2)c1F. The van der Waals surface area contributed by atoms with Gasteiger partial charge in [0, 0.05) is 30.7 Å². The first-order valence-corrected chi connectivity index (χ1v) is 6.72. The Bertz CT molecular complexity index is 470. The van der Waals surface area contributed by atoms with Gasteiger partial charge in [-0.2, -0.15) is 0 Å². The third-order valence-corrected chi connectivity index (χ3v) is 4.20. The van der Waals surface area contributed by atoms with Crippen LogP contribution in [0.5, 0.6) is 0 Å². The van der Waals surface area contributed by atoms with E-state index in [0.29, 0.717) is 23.1 Å². The van der Waals surface area contributed by atoms with Crippen molar-refractivity contribution < 1.29 is 9.18 Å². The summed E-state index contributed by atoms with van der Waals surface area (Å²) in [6.07, 6.45) is 0. The molecule has 0 aromatic heterocycles. The summed E-state index contributed by atoms with van der Waals surface area (Å²) in [6, 6.07) is 3.27. The summed E-state index contributed by atoms with van der Waals surface area (Å²) < 4.78 is 14.7. The molecule has 0 radical (unpaired) electrons. The topological polar surface area (TPSA) is 23.6 Å². The van der Waals surface area contributed by atoms with Gasteiger partial charge < -0.3 is 9.80 Å². The normalized spacial score (nSPS) is 17.0. The van der Waals surface area contributed by atoms with Crippen molar-refractivity contribution >= 4 is 21.8 Å². The molecule has 0 bridgehead atoms. The molecule has 1 aromatic carbocycles.